The van der Waals surface area contributed by atoms with Gasteiger partial charge < -0.3 is 10.2 Å². The van der Waals surface area contributed by atoms with Crippen LogP contribution in [0.25, 0.3) is 0 Å². The lowest BCUT2D eigenvalue weighted by Gasteiger charge is -2.27. The quantitative estimate of drug-likeness (QED) is 0.585. The lowest BCUT2D eigenvalue weighted by Crippen LogP contribution is -2.29. The van der Waals surface area contributed by atoms with Gasteiger partial charge in [0, 0.05) is 18.4 Å². The van der Waals surface area contributed by atoms with Crippen molar-refractivity contribution in [3.63, 3.8) is 0 Å². The van der Waals surface area contributed by atoms with E-state index in [0.717, 1.165) is 18.5 Å². The van der Waals surface area contributed by atoms with Gasteiger partial charge in [-0.2, -0.15) is 0 Å². The van der Waals surface area contributed by atoms with Gasteiger partial charge in [-0.05, 0) is 26.7 Å². The van der Waals surface area contributed by atoms with Gasteiger partial charge in [0.25, 0.3) is 0 Å². The molecule has 0 saturated carbocycles. The average molecular weight is 238 g/mol. The normalized spacial score (nSPS) is 14.4. The summed E-state index contributed by atoms with van der Waals surface area (Å²) in [4.78, 5) is 8.92. The van der Waals surface area contributed by atoms with E-state index >= 15 is 0 Å². The number of nitrogens with one attached hydrogen (secondary N) is 1. The summed E-state index contributed by atoms with van der Waals surface area (Å²) in [7, 11) is 0. The molecular formula is C12H22N4O. The minimum atomic E-state index is -0.453. The van der Waals surface area contributed by atoms with Crippen LogP contribution in [0.3, 0.4) is 0 Å². The van der Waals surface area contributed by atoms with Crippen LogP contribution in [0.5, 0.6) is 0 Å². The Labute approximate surface area is 103 Å². The molecule has 5 nitrogen and oxygen atoms in total. The second-order valence-corrected chi connectivity index (χ2v) is 4.08. The number of rotatable bonds is 6. The number of anilines is 1. The topological polar surface area (TPSA) is 73.1 Å². The fourth-order valence-corrected chi connectivity index (χ4v) is 1.63. The fourth-order valence-electron chi connectivity index (χ4n) is 1.63. The van der Waals surface area contributed by atoms with Crippen LogP contribution in [-0.4, -0.2) is 16.6 Å². The van der Waals surface area contributed by atoms with Gasteiger partial charge in [-0.1, -0.05) is 13.8 Å². The van der Waals surface area contributed by atoms with Crippen LogP contribution >= 0.6 is 0 Å². The molecule has 96 valence electrons. The molecule has 0 radical (unpaired) electrons. The van der Waals surface area contributed by atoms with Gasteiger partial charge in [0.15, 0.2) is 5.82 Å². The molecule has 5 heteroatoms. The Morgan fingerprint density at radius 3 is 2.53 bits per heavy atom. The van der Waals surface area contributed by atoms with Gasteiger partial charge >= 0.3 is 0 Å². The number of nitrogen functional groups attached to an aromatic ring is 1. The first-order chi connectivity index (χ1) is 8.09. The third-order valence-electron chi connectivity index (χ3n) is 2.90. The molecule has 1 rings (SSSR count). The molecule has 3 N–H and O–H groups in total. The third kappa shape index (κ3) is 3.14. The van der Waals surface area contributed by atoms with Gasteiger partial charge in [-0.3, -0.25) is 0 Å². The maximum absolute atomic E-state index is 5.77. The smallest absolute Gasteiger partial charge is 0.162 e. The van der Waals surface area contributed by atoms with Gasteiger partial charge in [-0.15, -0.1) is 0 Å². The minimum Gasteiger partial charge on any atom is -0.368 e. The molecule has 1 atom stereocenters. The summed E-state index contributed by atoms with van der Waals surface area (Å²) in [5, 5.41) is 0. The summed E-state index contributed by atoms with van der Waals surface area (Å²) in [6, 6.07) is 1.85. The summed E-state index contributed by atoms with van der Waals surface area (Å²) >= 11 is 0. The second-order valence-electron chi connectivity index (χ2n) is 4.08. The van der Waals surface area contributed by atoms with Crippen molar-refractivity contribution in [3.8, 4) is 0 Å². The molecule has 0 amide bonds. The lowest BCUT2D eigenvalue weighted by molar-refractivity contribution is -0.0390. The molecule has 0 saturated heterocycles. The third-order valence-corrected chi connectivity index (χ3v) is 2.90. The second kappa shape index (κ2) is 5.93. The molecule has 17 heavy (non-hydrogen) atoms. The Morgan fingerprint density at radius 1 is 1.35 bits per heavy atom. The van der Waals surface area contributed by atoms with E-state index in [1.165, 1.54) is 0 Å². The van der Waals surface area contributed by atoms with Crippen molar-refractivity contribution in [2.45, 2.75) is 46.1 Å². The maximum Gasteiger partial charge on any atom is 0.162 e. The van der Waals surface area contributed by atoms with Gasteiger partial charge in [0.1, 0.15) is 11.4 Å². The van der Waals surface area contributed by atoms with E-state index in [-0.39, 0.29) is 0 Å². The molecule has 0 spiro atoms. The van der Waals surface area contributed by atoms with E-state index in [1.54, 1.807) is 0 Å². The van der Waals surface area contributed by atoms with Crippen molar-refractivity contribution in [2.24, 2.45) is 5.84 Å². The molecule has 0 aliphatic heterocycles. The highest BCUT2D eigenvalue weighted by Crippen LogP contribution is 2.27. The van der Waals surface area contributed by atoms with Crippen LogP contribution in [0.4, 0.5) is 5.82 Å². The highest BCUT2D eigenvalue weighted by Gasteiger charge is 2.29. The average Bonchev–Trinajstić information content (AvgIpc) is 2.38. The largest absolute Gasteiger partial charge is 0.368 e. The molecule has 1 heterocycles. The molecule has 0 fully saturated rings. The number of nitrogens with zero attached hydrogens (tertiary/aromatic N) is 2. The zero-order chi connectivity index (χ0) is 12.9. The van der Waals surface area contributed by atoms with Crippen molar-refractivity contribution >= 4 is 5.82 Å². The van der Waals surface area contributed by atoms with Crippen molar-refractivity contribution in [1.29, 1.82) is 0 Å². The number of nitrogens with two attached hydrogens (primary N) is 1. The highest BCUT2D eigenvalue weighted by molar-refractivity contribution is 5.35. The first-order valence-electron chi connectivity index (χ1n) is 6.08. The van der Waals surface area contributed by atoms with Crippen molar-refractivity contribution in [2.75, 3.05) is 12.0 Å². The highest BCUT2D eigenvalue weighted by atomic mass is 16.5. The number of hydrogen-bond donors (Lipinski definition) is 2. The summed E-state index contributed by atoms with van der Waals surface area (Å²) < 4.78 is 5.77. The number of ether oxygens (including phenoxy) is 1. The van der Waals surface area contributed by atoms with Crippen LogP contribution in [-0.2, 0) is 16.8 Å². The van der Waals surface area contributed by atoms with E-state index < -0.39 is 5.60 Å². The fraction of sp³-hybridized carbons (Fsp3) is 0.667. The predicted octanol–water partition coefficient (Wildman–Crippen LogP) is 1.99. The monoisotopic (exact) mass is 238 g/mol. The number of aromatic nitrogens is 2. The van der Waals surface area contributed by atoms with E-state index in [9.17, 15) is 0 Å². The maximum atomic E-state index is 5.77. The summed E-state index contributed by atoms with van der Waals surface area (Å²) in [5.74, 6) is 6.74. The molecule has 1 aromatic heterocycles. The number of aryl methyl sites for hydroxylation is 1. The Morgan fingerprint density at radius 2 is 2.06 bits per heavy atom. The van der Waals surface area contributed by atoms with Crippen LogP contribution in [0.15, 0.2) is 6.07 Å². The van der Waals surface area contributed by atoms with Gasteiger partial charge in [0.2, 0.25) is 0 Å². The molecule has 1 unspecified atom stereocenters. The minimum absolute atomic E-state index is 0.453. The van der Waals surface area contributed by atoms with E-state index in [4.69, 9.17) is 10.6 Å². The molecule has 1 aromatic rings. The predicted molar refractivity (Wildman–Crippen MR) is 68.5 cm³/mol. The van der Waals surface area contributed by atoms with E-state index in [1.807, 2.05) is 19.9 Å². The standard InChI is InChI=1S/C12H22N4O/c1-5-9-8-10(16-13)15-11(14-9)12(4,6-2)17-7-3/h8H,5-7,13H2,1-4H3,(H,14,15,16). The van der Waals surface area contributed by atoms with Crippen molar-refractivity contribution in [1.82, 2.24) is 9.97 Å². The number of hydrazine groups is 1. The van der Waals surface area contributed by atoms with Crippen molar-refractivity contribution < 1.29 is 4.74 Å². The molecule has 0 aromatic carbocycles. The molecule has 0 aliphatic carbocycles. The first kappa shape index (κ1) is 13.9. The molecular weight excluding hydrogens is 216 g/mol. The van der Waals surface area contributed by atoms with Crippen LogP contribution in [0, 0.1) is 0 Å². The Bertz CT molecular complexity index is 347. The Balaban J connectivity index is 3.18. The molecule has 0 aliphatic rings. The van der Waals surface area contributed by atoms with Gasteiger partial charge in [-0.25, -0.2) is 15.8 Å². The summed E-state index contributed by atoms with van der Waals surface area (Å²) in [5.41, 5.74) is 3.08. The van der Waals surface area contributed by atoms with Crippen LogP contribution in [0.1, 0.15) is 45.6 Å². The van der Waals surface area contributed by atoms with E-state index in [0.29, 0.717) is 18.2 Å². The summed E-state index contributed by atoms with van der Waals surface area (Å²) in [6.07, 6.45) is 1.66. The zero-order valence-electron chi connectivity index (χ0n) is 11.1. The van der Waals surface area contributed by atoms with Crippen LogP contribution < -0.4 is 11.3 Å². The Kier molecular flexibility index (Phi) is 4.84. The lowest BCUT2D eigenvalue weighted by atomic mass is 10.0. The van der Waals surface area contributed by atoms with Crippen molar-refractivity contribution in [3.05, 3.63) is 17.6 Å². The zero-order valence-corrected chi connectivity index (χ0v) is 11.1. The SMILES string of the molecule is CCOC(C)(CC)c1nc(CC)cc(NN)n1. The Hall–Kier alpha value is -1.20. The van der Waals surface area contributed by atoms with Crippen LogP contribution in [0.2, 0.25) is 0 Å². The summed E-state index contributed by atoms with van der Waals surface area (Å²) in [6.45, 7) is 8.73. The number of hydrogen-bond acceptors (Lipinski definition) is 5. The molecule has 0 bridgehead atoms. The van der Waals surface area contributed by atoms with E-state index in [2.05, 4.69) is 29.2 Å². The first-order valence-corrected chi connectivity index (χ1v) is 6.08. The van der Waals surface area contributed by atoms with Gasteiger partial charge in [0.05, 0.1) is 0 Å².